The second kappa shape index (κ2) is 15.5. The van der Waals surface area contributed by atoms with E-state index in [1.165, 1.54) is 5.01 Å². The molecule has 8 heteroatoms. The van der Waals surface area contributed by atoms with E-state index in [-0.39, 0.29) is 30.4 Å². The van der Waals surface area contributed by atoms with Crippen molar-refractivity contribution in [1.82, 2.24) is 20.8 Å². The van der Waals surface area contributed by atoms with E-state index in [9.17, 15) is 14.4 Å². The highest BCUT2D eigenvalue weighted by molar-refractivity contribution is 5.89. The fourth-order valence-corrected chi connectivity index (χ4v) is 5.02. The third kappa shape index (κ3) is 9.04. The molecule has 2 atom stereocenters. The van der Waals surface area contributed by atoms with Gasteiger partial charge in [0.05, 0.1) is 25.0 Å². The van der Waals surface area contributed by atoms with Crippen LogP contribution in [-0.4, -0.2) is 40.8 Å². The molecule has 220 valence electrons. The van der Waals surface area contributed by atoms with Crippen LogP contribution in [0.4, 0.5) is 4.79 Å². The molecule has 4 amide bonds. The van der Waals surface area contributed by atoms with E-state index >= 15 is 0 Å². The molecule has 8 nitrogen and oxygen atoms in total. The van der Waals surface area contributed by atoms with Crippen molar-refractivity contribution >= 4 is 23.9 Å². The number of rotatable bonds is 14. The summed E-state index contributed by atoms with van der Waals surface area (Å²) in [7, 11) is 0. The van der Waals surface area contributed by atoms with Crippen LogP contribution in [-0.2, 0) is 27.6 Å². The number of hydrazine groups is 1. The Morgan fingerprint density at radius 3 is 2.10 bits per heavy atom. The van der Waals surface area contributed by atoms with Crippen molar-refractivity contribution in [3.8, 4) is 0 Å². The van der Waals surface area contributed by atoms with Gasteiger partial charge in [-0.05, 0) is 35.4 Å². The van der Waals surface area contributed by atoms with Gasteiger partial charge in [0, 0.05) is 13.1 Å². The molecule has 3 aromatic rings. The first-order valence-electron chi connectivity index (χ1n) is 14.5. The summed E-state index contributed by atoms with van der Waals surface area (Å²) in [4.78, 5) is 47.7. The Morgan fingerprint density at radius 1 is 0.833 bits per heavy atom. The molecule has 1 saturated heterocycles. The fourth-order valence-electron chi connectivity index (χ4n) is 5.02. The van der Waals surface area contributed by atoms with Crippen molar-refractivity contribution < 1.29 is 19.2 Å². The summed E-state index contributed by atoms with van der Waals surface area (Å²) < 4.78 is 0. The lowest BCUT2D eigenvalue weighted by atomic mass is 9.82. The third-order valence-electron chi connectivity index (χ3n) is 7.20. The molecule has 0 saturated carbocycles. The molecule has 42 heavy (non-hydrogen) atoms. The number of hydrogen-bond acceptors (Lipinski definition) is 4. The van der Waals surface area contributed by atoms with Crippen LogP contribution in [0.3, 0.4) is 0 Å². The highest BCUT2D eigenvalue weighted by Crippen LogP contribution is 2.26. The highest BCUT2D eigenvalue weighted by Gasteiger charge is 2.37. The molecule has 0 unspecified atom stereocenters. The van der Waals surface area contributed by atoms with Gasteiger partial charge < -0.3 is 4.90 Å². The Labute approximate surface area is 248 Å². The zero-order valence-corrected chi connectivity index (χ0v) is 24.3. The lowest BCUT2D eigenvalue weighted by Crippen LogP contribution is -2.50. The number of carbonyl (C=O) groups is 3. The summed E-state index contributed by atoms with van der Waals surface area (Å²) >= 11 is 0. The second-order valence-corrected chi connectivity index (χ2v) is 10.9. The van der Waals surface area contributed by atoms with Gasteiger partial charge in [0.1, 0.15) is 0 Å². The SMILES string of the molecule is CC(C)C[C@@H](C(=O)NN1CCN(Cc2ccccc2)C1=O)[C@H](C/C=C/c1ccccc1)C(=O)NOCc1ccccc1. The standard InChI is InChI=1S/C34H40N4O4/c1-26(2)23-31(32(39)35-38-22-21-37(34(38)41)24-28-15-8-4-9-16-28)30(20-12-19-27-13-6-3-7-14-27)33(40)36-42-25-29-17-10-5-11-18-29/h3-19,26,30-31H,20-25H2,1-2H3,(H,35,39)(H,36,40)/b19-12+/t30-,31+/m0/s1. The first-order chi connectivity index (χ1) is 20.4. The summed E-state index contributed by atoms with van der Waals surface area (Å²) in [5.74, 6) is -1.97. The van der Waals surface area contributed by atoms with Gasteiger partial charge >= 0.3 is 6.03 Å². The molecule has 0 radical (unpaired) electrons. The molecular weight excluding hydrogens is 528 g/mol. The number of benzene rings is 3. The predicted octanol–water partition coefficient (Wildman–Crippen LogP) is 5.59. The molecule has 1 aliphatic heterocycles. The summed E-state index contributed by atoms with van der Waals surface area (Å²) in [6.07, 6.45) is 4.66. The molecule has 2 N–H and O–H groups in total. The Kier molecular flexibility index (Phi) is 11.3. The lowest BCUT2D eigenvalue weighted by molar-refractivity contribution is -0.145. The summed E-state index contributed by atoms with van der Waals surface area (Å²) in [6, 6.07) is 28.8. The normalized spacial score (nSPS) is 14.8. The van der Waals surface area contributed by atoms with Crippen LogP contribution in [0.15, 0.2) is 97.1 Å². The molecular formula is C34H40N4O4. The Balaban J connectivity index is 1.46. The first kappa shape index (κ1) is 30.5. The molecule has 4 rings (SSSR count). The van der Waals surface area contributed by atoms with Gasteiger partial charge in [0.2, 0.25) is 11.8 Å². The number of hydroxylamine groups is 1. The van der Waals surface area contributed by atoms with Gasteiger partial charge in [0.15, 0.2) is 0 Å². The van der Waals surface area contributed by atoms with Crippen LogP contribution in [0.2, 0.25) is 0 Å². The topological polar surface area (TPSA) is 91.0 Å². The van der Waals surface area contributed by atoms with Gasteiger partial charge in [-0.25, -0.2) is 15.3 Å². The number of urea groups is 1. The first-order valence-corrected chi connectivity index (χ1v) is 14.5. The molecule has 0 aliphatic carbocycles. The minimum absolute atomic E-state index is 0.142. The number of amides is 4. The van der Waals surface area contributed by atoms with E-state index < -0.39 is 11.8 Å². The number of allylic oxidation sites excluding steroid dienone is 1. The van der Waals surface area contributed by atoms with E-state index in [1.54, 1.807) is 4.90 Å². The predicted molar refractivity (Wildman–Crippen MR) is 163 cm³/mol. The second-order valence-electron chi connectivity index (χ2n) is 10.9. The van der Waals surface area contributed by atoms with E-state index in [1.807, 2.05) is 117 Å². The number of hydrogen-bond donors (Lipinski definition) is 2. The average Bonchev–Trinajstić information content (AvgIpc) is 3.33. The van der Waals surface area contributed by atoms with Gasteiger partial charge in [-0.15, -0.1) is 0 Å². The molecule has 3 aromatic carbocycles. The van der Waals surface area contributed by atoms with E-state index in [0.29, 0.717) is 32.5 Å². The summed E-state index contributed by atoms with van der Waals surface area (Å²) in [5, 5.41) is 1.36. The molecule has 0 spiro atoms. The van der Waals surface area contributed by atoms with Crippen molar-refractivity contribution in [1.29, 1.82) is 0 Å². The summed E-state index contributed by atoms with van der Waals surface area (Å²) in [5.41, 5.74) is 8.36. The zero-order chi connectivity index (χ0) is 29.7. The average molecular weight is 569 g/mol. The summed E-state index contributed by atoms with van der Waals surface area (Å²) in [6.45, 7) is 5.58. The Bertz CT molecular complexity index is 1320. The maximum absolute atomic E-state index is 13.8. The maximum atomic E-state index is 13.8. The van der Waals surface area contributed by atoms with Crippen LogP contribution in [0.25, 0.3) is 6.08 Å². The van der Waals surface area contributed by atoms with Crippen molar-refractivity contribution in [3.05, 3.63) is 114 Å². The number of carbonyl (C=O) groups excluding carboxylic acids is 3. The highest BCUT2D eigenvalue weighted by atomic mass is 16.6. The molecule has 0 aromatic heterocycles. The molecule has 1 heterocycles. The largest absolute Gasteiger partial charge is 0.339 e. The van der Waals surface area contributed by atoms with Gasteiger partial charge in [0.25, 0.3) is 0 Å². The van der Waals surface area contributed by atoms with Gasteiger partial charge in [-0.3, -0.25) is 19.9 Å². The minimum atomic E-state index is -0.707. The lowest BCUT2D eigenvalue weighted by Gasteiger charge is -2.28. The van der Waals surface area contributed by atoms with Gasteiger partial charge in [-0.2, -0.15) is 0 Å². The van der Waals surface area contributed by atoms with Crippen molar-refractivity contribution in [2.24, 2.45) is 17.8 Å². The van der Waals surface area contributed by atoms with E-state index in [2.05, 4.69) is 10.9 Å². The monoisotopic (exact) mass is 568 g/mol. The zero-order valence-electron chi connectivity index (χ0n) is 24.3. The van der Waals surface area contributed by atoms with Crippen molar-refractivity contribution in [2.75, 3.05) is 13.1 Å². The maximum Gasteiger partial charge on any atom is 0.339 e. The fraction of sp³-hybridized carbons (Fsp3) is 0.324. The van der Waals surface area contributed by atoms with Crippen LogP contribution < -0.4 is 10.9 Å². The van der Waals surface area contributed by atoms with Crippen LogP contribution in [0.1, 0.15) is 43.4 Å². The van der Waals surface area contributed by atoms with Crippen molar-refractivity contribution in [2.45, 2.75) is 39.8 Å². The number of nitrogens with one attached hydrogen (secondary N) is 2. The molecule has 0 bridgehead atoms. The quantitative estimate of drug-likeness (QED) is 0.248. The number of nitrogens with zero attached hydrogens (tertiary/aromatic N) is 2. The smallest absolute Gasteiger partial charge is 0.317 e. The van der Waals surface area contributed by atoms with Crippen LogP contribution >= 0.6 is 0 Å². The third-order valence-corrected chi connectivity index (χ3v) is 7.20. The minimum Gasteiger partial charge on any atom is -0.317 e. The van der Waals surface area contributed by atoms with Crippen LogP contribution in [0, 0.1) is 17.8 Å². The van der Waals surface area contributed by atoms with Gasteiger partial charge in [-0.1, -0.05) is 117 Å². The Hall–Kier alpha value is -4.43. The van der Waals surface area contributed by atoms with Crippen molar-refractivity contribution in [3.63, 3.8) is 0 Å². The molecule has 1 fully saturated rings. The molecule has 1 aliphatic rings. The van der Waals surface area contributed by atoms with E-state index in [4.69, 9.17) is 4.84 Å². The Morgan fingerprint density at radius 2 is 1.45 bits per heavy atom. The van der Waals surface area contributed by atoms with E-state index in [0.717, 1.165) is 16.7 Å². The van der Waals surface area contributed by atoms with Crippen LogP contribution in [0.5, 0.6) is 0 Å².